The van der Waals surface area contributed by atoms with Crippen LogP contribution in [-0.2, 0) is 20.8 Å². The molecule has 0 aliphatic rings. The van der Waals surface area contributed by atoms with E-state index in [0.29, 0.717) is 12.8 Å². The Labute approximate surface area is 211 Å². The molecular formula is C27H48N4O4. The average molecular weight is 493 g/mol. The lowest BCUT2D eigenvalue weighted by molar-refractivity contribution is -0.128. The number of aromatic amines is 1. The normalized spacial score (nSPS) is 12.5. The third kappa shape index (κ3) is 16.5. The van der Waals surface area contributed by atoms with Crippen LogP contribution in [0.1, 0.15) is 80.2 Å². The quantitative estimate of drug-likeness (QED) is 0.360. The summed E-state index contributed by atoms with van der Waals surface area (Å²) >= 11 is 0. The number of ketones is 1. The van der Waals surface area contributed by atoms with E-state index in [1.54, 1.807) is 6.92 Å². The van der Waals surface area contributed by atoms with Crippen LogP contribution in [0.4, 0.5) is 0 Å². The maximum Gasteiger partial charge on any atom is 0.234 e. The lowest BCUT2D eigenvalue weighted by Crippen LogP contribution is -2.40. The molecule has 0 saturated heterocycles. The van der Waals surface area contributed by atoms with Gasteiger partial charge in [-0.05, 0) is 44.2 Å². The Morgan fingerprint density at radius 1 is 1.09 bits per heavy atom. The Morgan fingerprint density at radius 3 is 2.09 bits per heavy atom. The molecule has 0 aliphatic heterocycles. The van der Waals surface area contributed by atoms with E-state index in [4.69, 9.17) is 16.6 Å². The summed E-state index contributed by atoms with van der Waals surface area (Å²) in [5.41, 5.74) is 12.8. The summed E-state index contributed by atoms with van der Waals surface area (Å²) in [5, 5.41) is 12.7. The van der Waals surface area contributed by atoms with Gasteiger partial charge in [-0.15, -0.1) is 0 Å². The summed E-state index contributed by atoms with van der Waals surface area (Å²) in [6.45, 7) is 15.5. The fourth-order valence-corrected chi connectivity index (χ4v) is 2.83. The predicted molar refractivity (Wildman–Crippen MR) is 145 cm³/mol. The predicted octanol–water partition coefficient (Wildman–Crippen LogP) is 3.84. The van der Waals surface area contributed by atoms with Crippen molar-refractivity contribution in [2.45, 2.75) is 99.3 Å². The highest BCUT2D eigenvalue weighted by atomic mass is 16.3. The maximum atomic E-state index is 11.2. The number of primary amides is 1. The standard InChI is InChI=1S/C11H13N3O.C10H19NO3.C4H10.C2H6/c12-9(11(13)15)5-7-6-14-10-4-2-1-3-8(7)10;1-4-5-9(8(3)13)11-10(14)6-7(2)12;1-4(2)3;1-2/h1-4,6,9,14H,5,12H2,(H2,13,15);7,9,12H,4-6H2,1-3H3,(H,11,14);4H,1-3H3;1-2H3. The van der Waals surface area contributed by atoms with Crippen molar-refractivity contribution in [1.29, 1.82) is 0 Å². The minimum atomic E-state index is -0.663. The third-order valence-electron chi connectivity index (χ3n) is 4.36. The van der Waals surface area contributed by atoms with Crippen molar-refractivity contribution < 1.29 is 19.5 Å². The monoisotopic (exact) mass is 492 g/mol. The van der Waals surface area contributed by atoms with Gasteiger partial charge in [0.2, 0.25) is 11.8 Å². The second-order valence-corrected chi connectivity index (χ2v) is 8.88. The van der Waals surface area contributed by atoms with Gasteiger partial charge in [0.05, 0.1) is 24.6 Å². The molecule has 0 bridgehead atoms. The number of carbonyl (C=O) groups is 3. The van der Waals surface area contributed by atoms with E-state index in [0.717, 1.165) is 28.8 Å². The molecule has 8 nitrogen and oxygen atoms in total. The van der Waals surface area contributed by atoms with Crippen molar-refractivity contribution >= 4 is 28.5 Å². The van der Waals surface area contributed by atoms with Gasteiger partial charge in [0, 0.05) is 17.1 Å². The first-order chi connectivity index (χ1) is 16.4. The van der Waals surface area contributed by atoms with Crippen LogP contribution in [0.2, 0.25) is 0 Å². The minimum Gasteiger partial charge on any atom is -0.393 e. The van der Waals surface area contributed by atoms with Crippen molar-refractivity contribution in [3.05, 3.63) is 36.0 Å². The number of aliphatic hydroxyl groups is 1. The van der Waals surface area contributed by atoms with Crippen LogP contribution in [0.5, 0.6) is 0 Å². The smallest absolute Gasteiger partial charge is 0.234 e. The van der Waals surface area contributed by atoms with Gasteiger partial charge < -0.3 is 26.9 Å². The van der Waals surface area contributed by atoms with E-state index >= 15 is 0 Å². The highest BCUT2D eigenvalue weighted by molar-refractivity contribution is 5.87. The van der Waals surface area contributed by atoms with Crippen LogP contribution in [0.3, 0.4) is 0 Å². The molecule has 8 heteroatoms. The van der Waals surface area contributed by atoms with Crippen LogP contribution in [0, 0.1) is 5.92 Å². The van der Waals surface area contributed by atoms with Gasteiger partial charge in [-0.1, -0.05) is 66.2 Å². The Kier molecular flexibility index (Phi) is 19.3. The highest BCUT2D eigenvalue weighted by Gasteiger charge is 2.16. The third-order valence-corrected chi connectivity index (χ3v) is 4.36. The van der Waals surface area contributed by atoms with Gasteiger partial charge in [-0.3, -0.25) is 14.4 Å². The number of fused-ring (bicyclic) bond motifs is 1. The van der Waals surface area contributed by atoms with Crippen LogP contribution in [0.25, 0.3) is 10.9 Å². The molecule has 1 aromatic carbocycles. The maximum absolute atomic E-state index is 11.2. The number of hydrogen-bond donors (Lipinski definition) is 5. The van der Waals surface area contributed by atoms with E-state index in [1.165, 1.54) is 6.92 Å². The van der Waals surface area contributed by atoms with Crippen molar-refractivity contribution in [3.63, 3.8) is 0 Å². The number of H-pyrrole nitrogens is 1. The van der Waals surface area contributed by atoms with E-state index in [1.807, 2.05) is 51.2 Å². The molecule has 0 aliphatic carbocycles. The molecule has 35 heavy (non-hydrogen) atoms. The minimum absolute atomic E-state index is 0.0363. The van der Waals surface area contributed by atoms with Gasteiger partial charge in [0.25, 0.3) is 0 Å². The topological polar surface area (TPSA) is 151 Å². The fourth-order valence-electron chi connectivity index (χ4n) is 2.83. The van der Waals surface area contributed by atoms with Gasteiger partial charge >= 0.3 is 0 Å². The first-order valence-corrected chi connectivity index (χ1v) is 12.5. The van der Waals surface area contributed by atoms with Gasteiger partial charge in [0.1, 0.15) is 0 Å². The van der Waals surface area contributed by atoms with Gasteiger partial charge in [-0.2, -0.15) is 0 Å². The van der Waals surface area contributed by atoms with Crippen molar-refractivity contribution in [2.24, 2.45) is 17.4 Å². The second kappa shape index (κ2) is 19.6. The highest BCUT2D eigenvalue weighted by Crippen LogP contribution is 2.18. The molecule has 7 N–H and O–H groups in total. The molecule has 3 unspecified atom stereocenters. The van der Waals surface area contributed by atoms with E-state index in [2.05, 4.69) is 31.1 Å². The first kappa shape index (κ1) is 34.5. The van der Waals surface area contributed by atoms with E-state index in [-0.39, 0.29) is 18.1 Å². The Morgan fingerprint density at radius 2 is 1.63 bits per heavy atom. The van der Waals surface area contributed by atoms with E-state index < -0.39 is 24.1 Å². The molecule has 0 spiro atoms. The van der Waals surface area contributed by atoms with Crippen LogP contribution in [0.15, 0.2) is 30.5 Å². The summed E-state index contributed by atoms with van der Waals surface area (Å²) in [5.74, 6) is 0.0553. The molecule has 200 valence electrons. The molecule has 0 radical (unpaired) electrons. The number of nitrogens with two attached hydrogens (primary N) is 2. The summed E-state index contributed by atoms with van der Waals surface area (Å²) in [4.78, 5) is 36.3. The number of aromatic nitrogens is 1. The average Bonchev–Trinajstić information content (AvgIpc) is 3.17. The summed E-state index contributed by atoms with van der Waals surface area (Å²) in [7, 11) is 0. The summed E-state index contributed by atoms with van der Waals surface area (Å²) < 4.78 is 0. The number of aliphatic hydroxyl groups excluding tert-OH is 1. The fraction of sp³-hybridized carbons (Fsp3) is 0.593. The first-order valence-electron chi connectivity index (χ1n) is 12.5. The molecule has 2 amide bonds. The molecule has 3 atom stereocenters. The van der Waals surface area contributed by atoms with Crippen LogP contribution >= 0.6 is 0 Å². The number of carbonyl (C=O) groups excluding carboxylic acids is 3. The van der Waals surface area contributed by atoms with Crippen molar-refractivity contribution in [2.75, 3.05) is 0 Å². The number of nitrogens with one attached hydrogen (secondary N) is 2. The molecule has 2 aromatic rings. The molecule has 1 aromatic heterocycles. The number of hydrogen-bond acceptors (Lipinski definition) is 5. The van der Waals surface area contributed by atoms with Crippen molar-refractivity contribution in [3.8, 4) is 0 Å². The SMILES string of the molecule is CC.CC(C)C.CCCC(NC(=O)CC(C)O)C(C)=O.NC(=O)C(N)Cc1c[nH]c2ccccc12. The molecular weight excluding hydrogens is 444 g/mol. The number of rotatable bonds is 9. The Balaban J connectivity index is 0. The van der Waals surface area contributed by atoms with Gasteiger partial charge in [-0.25, -0.2) is 0 Å². The zero-order valence-electron chi connectivity index (χ0n) is 22.9. The van der Waals surface area contributed by atoms with Crippen molar-refractivity contribution in [1.82, 2.24) is 10.3 Å². The van der Waals surface area contributed by atoms with E-state index in [9.17, 15) is 14.4 Å². The lowest BCUT2D eigenvalue weighted by atomic mass is 10.1. The second-order valence-electron chi connectivity index (χ2n) is 8.88. The zero-order chi connectivity index (χ0) is 27.6. The largest absolute Gasteiger partial charge is 0.393 e. The number of Topliss-reactive ketones (excluding diaryl/α,β-unsaturated/α-hetero) is 1. The summed E-state index contributed by atoms with van der Waals surface area (Å²) in [6, 6.07) is 6.87. The van der Waals surface area contributed by atoms with Crippen LogP contribution in [-0.4, -0.2) is 45.9 Å². The summed E-state index contributed by atoms with van der Waals surface area (Å²) in [6.07, 6.45) is 3.23. The lowest BCUT2D eigenvalue weighted by Gasteiger charge is -2.15. The molecule has 0 saturated carbocycles. The number of benzene rings is 1. The zero-order valence-corrected chi connectivity index (χ0v) is 22.9. The van der Waals surface area contributed by atoms with Gasteiger partial charge in [0.15, 0.2) is 5.78 Å². The Hall–Kier alpha value is -2.71. The molecule has 0 fully saturated rings. The Bertz CT molecular complexity index is 859. The van der Waals surface area contributed by atoms with Crippen LogP contribution < -0.4 is 16.8 Å². The molecule has 2 rings (SSSR count). The number of amides is 2. The number of para-hydroxylation sites is 1. The molecule has 1 heterocycles.